The van der Waals surface area contributed by atoms with Crippen LogP contribution >= 0.6 is 12.6 Å². The quantitative estimate of drug-likeness (QED) is 0.0351. The van der Waals surface area contributed by atoms with Gasteiger partial charge in [0, 0.05) is 118 Å². The van der Waals surface area contributed by atoms with Crippen LogP contribution in [0.25, 0.3) is 33.4 Å². The Morgan fingerprint density at radius 3 is 1.80 bits per heavy atom. The fraction of sp³-hybridized carbons (Fsp3) is 0.288. The van der Waals surface area contributed by atoms with E-state index in [0.29, 0.717) is 52.8 Å². The molecule has 3 aliphatic heterocycles. The summed E-state index contributed by atoms with van der Waals surface area (Å²) in [6.45, 7) is 14.6. The van der Waals surface area contributed by atoms with E-state index in [0.717, 1.165) is 70.6 Å². The van der Waals surface area contributed by atoms with E-state index in [1.54, 1.807) is 36.4 Å². The molecule has 1 spiro atoms. The number of rotatable bonds is 12. The van der Waals surface area contributed by atoms with E-state index in [1.807, 2.05) is 18.2 Å². The molecule has 5 aliphatic rings. The molecule has 0 bridgehead atoms. The van der Waals surface area contributed by atoms with Crippen LogP contribution in [0.3, 0.4) is 0 Å². The van der Waals surface area contributed by atoms with Crippen LogP contribution in [0.5, 0.6) is 23.0 Å². The lowest BCUT2D eigenvalue weighted by atomic mass is 9.77. The number of ether oxygens (including phenoxy) is 4. The number of anilines is 1. The number of thiol groups is 1. The minimum atomic E-state index is -1.50. The number of hydrogen-bond donors (Lipinski definition) is 3. The summed E-state index contributed by atoms with van der Waals surface area (Å²) in [6.07, 6.45) is 2.56. The van der Waals surface area contributed by atoms with E-state index in [9.17, 15) is 24.0 Å². The van der Waals surface area contributed by atoms with Crippen molar-refractivity contribution in [2.75, 3.05) is 31.1 Å². The fourth-order valence-corrected chi connectivity index (χ4v) is 11.1. The van der Waals surface area contributed by atoms with Gasteiger partial charge in [-0.3, -0.25) is 19.2 Å². The largest absolute Gasteiger partial charge is 0.456 e. The van der Waals surface area contributed by atoms with Crippen LogP contribution in [-0.2, 0) is 19.9 Å². The third-order valence-corrected chi connectivity index (χ3v) is 14.8. The molecule has 1 fully saturated rings. The highest BCUT2D eigenvalue weighted by molar-refractivity contribution is 7.80. The molecule has 0 saturated heterocycles. The van der Waals surface area contributed by atoms with Crippen molar-refractivity contribution in [3.63, 3.8) is 0 Å². The monoisotopic (exact) mass is 1010 g/mol. The van der Waals surface area contributed by atoms with E-state index in [4.69, 9.17) is 36.0 Å². The number of benzene rings is 6. The van der Waals surface area contributed by atoms with E-state index < -0.39 is 23.5 Å². The van der Waals surface area contributed by atoms with Gasteiger partial charge in [-0.25, -0.2) is 9.37 Å². The predicted molar refractivity (Wildman–Crippen MR) is 284 cm³/mol. The number of fused-ring (bicyclic) bond motifs is 8. The Hall–Kier alpha value is -7.91. The molecule has 5 aromatic carbocycles. The average Bonchev–Trinajstić information content (AvgIpc) is 3.69. The van der Waals surface area contributed by atoms with Crippen molar-refractivity contribution < 1.29 is 47.3 Å². The fourth-order valence-electron chi connectivity index (χ4n) is 10.8. The Morgan fingerprint density at radius 2 is 1.23 bits per heavy atom. The van der Waals surface area contributed by atoms with E-state index in [2.05, 4.69) is 84.2 Å². The van der Waals surface area contributed by atoms with E-state index >= 15 is 0 Å². The molecule has 15 heteroatoms. The van der Waals surface area contributed by atoms with Gasteiger partial charge in [-0.2, -0.15) is 0 Å². The van der Waals surface area contributed by atoms with Crippen molar-refractivity contribution in [1.29, 1.82) is 0 Å². The van der Waals surface area contributed by atoms with Gasteiger partial charge in [0.2, 0.25) is 5.36 Å². The van der Waals surface area contributed by atoms with Gasteiger partial charge < -0.3 is 38.9 Å². The van der Waals surface area contributed by atoms with Gasteiger partial charge in [-0.05, 0) is 126 Å². The second-order valence-electron chi connectivity index (χ2n) is 18.8. The zero-order valence-corrected chi connectivity index (χ0v) is 43.0. The number of carbonyl (C=O) groups is 5. The van der Waals surface area contributed by atoms with Crippen molar-refractivity contribution in [2.24, 2.45) is 0 Å². The molecule has 0 atom stereocenters. The first kappa shape index (κ1) is 49.7. The lowest BCUT2D eigenvalue weighted by molar-refractivity contribution is -0.132. The molecule has 10 rings (SSSR count). The topological polar surface area (TPSA) is 166 Å². The highest BCUT2D eigenvalue weighted by Gasteiger charge is 2.54. The number of hydrogen-bond acceptors (Lipinski definition) is 12. The normalized spacial score (nSPS) is 16.1. The smallest absolute Gasteiger partial charge is 0.340 e. The number of esters is 3. The number of nitrogens with one attached hydrogen (secondary N) is 2. The summed E-state index contributed by atoms with van der Waals surface area (Å²) in [6, 6.07) is 32.6. The van der Waals surface area contributed by atoms with Crippen molar-refractivity contribution in [3.8, 4) is 45.4 Å². The lowest BCUT2D eigenvalue weighted by Crippen LogP contribution is -2.43. The Bertz CT molecular complexity index is 3410. The Labute approximate surface area is 434 Å². The molecule has 3 heterocycles. The third kappa shape index (κ3) is 9.14. The van der Waals surface area contributed by atoms with Gasteiger partial charge in [0.25, 0.3) is 11.8 Å². The first-order valence-corrected chi connectivity index (χ1v) is 25.7. The molecule has 2 aliphatic carbocycles. The Balaban J connectivity index is 0.839. The van der Waals surface area contributed by atoms with Crippen LogP contribution in [0.2, 0.25) is 0 Å². The van der Waals surface area contributed by atoms with Crippen molar-refractivity contribution in [2.45, 2.75) is 89.8 Å². The summed E-state index contributed by atoms with van der Waals surface area (Å²) >= 11 is 5.00. The second-order valence-corrected chi connectivity index (χ2v) is 19.3. The minimum absolute atomic E-state index is 0.103. The zero-order valence-electron chi connectivity index (χ0n) is 42.1. The molecule has 0 radical (unpaired) electrons. The standard InChI is InChI=1S/C59H56N4O10S/c1-7-62(8-2)39-17-22-43-50(29-39)71-51-30-40(63(9-3)10-4)18-23-44(51)55(43)45-21-11-36(28-54(45)74)57(67)61-38-15-13-37(14-16-38)60-56(66)35-12-24-47-46(27-35)58(68)73-59(47)48-25-19-41(69-33(5)64)31-52(48)72-53-32-42(70-34(6)65)20-26-49(53)59/h11-12,17-32,37-38H,7-10,13-16H2,1-6H3,(H2,60,61,66,67)/p+1/t37-,38-. The molecule has 2 N–H and O–H groups in total. The van der Waals surface area contributed by atoms with Gasteiger partial charge in [-0.15, -0.1) is 12.6 Å². The van der Waals surface area contributed by atoms with Crippen LogP contribution in [0.4, 0.5) is 5.69 Å². The van der Waals surface area contributed by atoms with Crippen LogP contribution in [0, 0.1) is 0 Å². The molecule has 74 heavy (non-hydrogen) atoms. The summed E-state index contributed by atoms with van der Waals surface area (Å²) < 4.78 is 32.2. The summed E-state index contributed by atoms with van der Waals surface area (Å²) in [7, 11) is 0. The van der Waals surface area contributed by atoms with Crippen molar-refractivity contribution in [1.82, 2.24) is 15.2 Å². The number of nitrogens with zero attached hydrogens (tertiary/aromatic N) is 2. The van der Waals surface area contributed by atoms with Gasteiger partial charge in [0.15, 0.2) is 5.60 Å². The maximum Gasteiger partial charge on any atom is 0.340 e. The SMILES string of the molecule is CCN(CC)c1ccc2c(-c3ccc(C(=O)N[C@H]4CC[C@H](NC(=O)c5ccc6c(c5)C(=O)OC65c6ccc(OC(C)=O)cc6Oc6cc(OC(C)=O)ccc65)CC4)cc3S)c3ccc(=[N+](CC)CC)cc-3oc2c1. The van der Waals surface area contributed by atoms with Gasteiger partial charge in [-0.1, -0.05) is 12.1 Å². The predicted octanol–water partition coefficient (Wildman–Crippen LogP) is 10.0. The van der Waals surface area contributed by atoms with Crippen LogP contribution in [-0.4, -0.2) is 68.0 Å². The zero-order chi connectivity index (χ0) is 52.0. The van der Waals surface area contributed by atoms with Crippen LogP contribution in [0.15, 0.2) is 119 Å². The minimum Gasteiger partial charge on any atom is -0.456 e. The van der Waals surface area contributed by atoms with Crippen molar-refractivity contribution in [3.05, 3.63) is 148 Å². The van der Waals surface area contributed by atoms with Crippen molar-refractivity contribution >= 4 is 59.0 Å². The van der Waals surface area contributed by atoms with E-state index in [-0.39, 0.29) is 58.0 Å². The highest BCUT2D eigenvalue weighted by atomic mass is 32.1. The van der Waals surface area contributed by atoms with E-state index in [1.165, 1.54) is 32.0 Å². The summed E-state index contributed by atoms with van der Waals surface area (Å²) in [5.41, 5.74) is 5.59. The maximum atomic E-state index is 13.9. The molecule has 2 amide bonds. The molecule has 378 valence electrons. The molecular weight excluding hydrogens is 957 g/mol. The Kier molecular flexibility index (Phi) is 13.5. The average molecular weight is 1010 g/mol. The van der Waals surface area contributed by atoms with Crippen LogP contribution < -0.4 is 39.7 Å². The molecular formula is C59H57N4O10S+. The third-order valence-electron chi connectivity index (χ3n) is 14.4. The van der Waals surface area contributed by atoms with Gasteiger partial charge >= 0.3 is 17.9 Å². The molecule has 1 saturated carbocycles. The van der Waals surface area contributed by atoms with Gasteiger partial charge in [0.1, 0.15) is 47.4 Å². The molecule has 5 aromatic rings. The maximum absolute atomic E-state index is 13.9. The molecule has 14 nitrogen and oxygen atoms in total. The van der Waals surface area contributed by atoms with Crippen LogP contribution in [0.1, 0.15) is 115 Å². The number of amides is 2. The first-order valence-electron chi connectivity index (χ1n) is 25.2. The molecule has 0 unspecified atom stereocenters. The first-order chi connectivity index (χ1) is 35.7. The second kappa shape index (κ2) is 20.2. The lowest BCUT2D eigenvalue weighted by Gasteiger charge is -2.36. The summed E-state index contributed by atoms with van der Waals surface area (Å²) in [5, 5.41) is 8.41. The highest BCUT2D eigenvalue weighted by Crippen LogP contribution is 2.57. The number of carbonyl (C=O) groups excluding carboxylic acids is 5. The Morgan fingerprint density at radius 1 is 0.662 bits per heavy atom. The van der Waals surface area contributed by atoms with Gasteiger partial charge in [0.05, 0.1) is 11.6 Å². The molecule has 0 aromatic heterocycles. The summed E-state index contributed by atoms with van der Waals surface area (Å²) in [4.78, 5) is 68.2. The summed E-state index contributed by atoms with van der Waals surface area (Å²) in [5.74, 6) is -0.530.